The van der Waals surface area contributed by atoms with Crippen molar-refractivity contribution in [3.63, 3.8) is 0 Å². The van der Waals surface area contributed by atoms with Crippen molar-refractivity contribution in [2.45, 2.75) is 33.1 Å². The summed E-state index contributed by atoms with van der Waals surface area (Å²) < 4.78 is 5.00. The number of benzene rings is 1. The number of carbonyl (C=O) groups is 1. The fourth-order valence-corrected chi connectivity index (χ4v) is 2.51. The molecule has 0 bridgehead atoms. The van der Waals surface area contributed by atoms with E-state index in [1.54, 1.807) is 19.4 Å². The molecule has 0 aliphatic heterocycles. The van der Waals surface area contributed by atoms with Crippen LogP contribution < -0.4 is 10.6 Å². The molecule has 0 spiro atoms. The van der Waals surface area contributed by atoms with E-state index >= 15 is 0 Å². The number of amides is 1. The monoisotopic (exact) mass is 342 g/mol. The van der Waals surface area contributed by atoms with E-state index in [9.17, 15) is 4.79 Å². The van der Waals surface area contributed by atoms with Crippen LogP contribution in [0.5, 0.6) is 0 Å². The third-order valence-corrected chi connectivity index (χ3v) is 3.86. The molecule has 1 aromatic carbocycles. The standard InChI is InChI=1S/C19H26N4O2/c1-13(2)15-8-5-7-14(3)17(15)23-18(24)16-9-11-21-19(22-16)20-10-6-12-25-4/h5,7-9,11,13H,6,10,12H2,1-4H3,(H,23,24)(H,20,21,22). The Morgan fingerprint density at radius 2 is 2.08 bits per heavy atom. The fourth-order valence-electron chi connectivity index (χ4n) is 2.51. The Bertz CT molecular complexity index is 716. The van der Waals surface area contributed by atoms with Gasteiger partial charge in [0.25, 0.3) is 5.91 Å². The highest BCUT2D eigenvalue weighted by Crippen LogP contribution is 2.27. The molecule has 0 radical (unpaired) electrons. The molecule has 1 heterocycles. The molecule has 0 aliphatic carbocycles. The quantitative estimate of drug-likeness (QED) is 0.717. The van der Waals surface area contributed by atoms with Gasteiger partial charge in [-0.1, -0.05) is 32.0 Å². The second kappa shape index (κ2) is 9.13. The van der Waals surface area contributed by atoms with Gasteiger partial charge in [-0.3, -0.25) is 4.79 Å². The van der Waals surface area contributed by atoms with Gasteiger partial charge in [-0.15, -0.1) is 0 Å². The van der Waals surface area contributed by atoms with Crippen molar-refractivity contribution < 1.29 is 9.53 Å². The van der Waals surface area contributed by atoms with Gasteiger partial charge in [0.15, 0.2) is 0 Å². The summed E-state index contributed by atoms with van der Waals surface area (Å²) in [5, 5.41) is 6.10. The van der Waals surface area contributed by atoms with Crippen LogP contribution in [0.25, 0.3) is 0 Å². The lowest BCUT2D eigenvalue weighted by Crippen LogP contribution is -2.17. The summed E-state index contributed by atoms with van der Waals surface area (Å²) in [6, 6.07) is 7.65. The van der Waals surface area contributed by atoms with E-state index in [1.807, 2.05) is 25.1 Å². The minimum absolute atomic E-state index is 0.237. The summed E-state index contributed by atoms with van der Waals surface area (Å²) in [6.07, 6.45) is 2.43. The Morgan fingerprint density at radius 1 is 1.28 bits per heavy atom. The molecule has 1 aromatic heterocycles. The molecule has 0 atom stereocenters. The van der Waals surface area contributed by atoms with Crippen molar-refractivity contribution in [3.05, 3.63) is 47.3 Å². The minimum atomic E-state index is -0.237. The summed E-state index contributed by atoms with van der Waals surface area (Å²) >= 11 is 0. The van der Waals surface area contributed by atoms with Crippen LogP contribution in [0, 0.1) is 6.92 Å². The van der Waals surface area contributed by atoms with Gasteiger partial charge in [-0.25, -0.2) is 9.97 Å². The van der Waals surface area contributed by atoms with Crippen molar-refractivity contribution in [1.82, 2.24) is 9.97 Å². The second-order valence-electron chi connectivity index (χ2n) is 6.19. The first-order valence-corrected chi connectivity index (χ1v) is 8.49. The maximum absolute atomic E-state index is 12.6. The van der Waals surface area contributed by atoms with E-state index in [2.05, 4.69) is 34.4 Å². The molecule has 6 heteroatoms. The predicted octanol–water partition coefficient (Wildman–Crippen LogP) is 3.61. The van der Waals surface area contributed by atoms with Crippen molar-refractivity contribution in [3.8, 4) is 0 Å². The average Bonchev–Trinajstić information content (AvgIpc) is 2.60. The average molecular weight is 342 g/mol. The van der Waals surface area contributed by atoms with E-state index in [1.165, 1.54) is 0 Å². The number of methoxy groups -OCH3 is 1. The summed E-state index contributed by atoms with van der Waals surface area (Å²) in [4.78, 5) is 21.1. The Kier molecular flexibility index (Phi) is 6.89. The van der Waals surface area contributed by atoms with Crippen molar-refractivity contribution >= 4 is 17.5 Å². The molecule has 1 amide bonds. The van der Waals surface area contributed by atoms with E-state index in [0.29, 0.717) is 30.7 Å². The van der Waals surface area contributed by atoms with Crippen LogP contribution in [0.3, 0.4) is 0 Å². The lowest BCUT2D eigenvalue weighted by Gasteiger charge is -2.16. The van der Waals surface area contributed by atoms with E-state index in [4.69, 9.17) is 4.74 Å². The molecule has 0 unspecified atom stereocenters. The number of aryl methyl sites for hydroxylation is 1. The summed E-state index contributed by atoms with van der Waals surface area (Å²) in [5.41, 5.74) is 3.34. The number of aromatic nitrogens is 2. The largest absolute Gasteiger partial charge is 0.385 e. The van der Waals surface area contributed by atoms with Crippen LogP contribution >= 0.6 is 0 Å². The Morgan fingerprint density at radius 3 is 2.80 bits per heavy atom. The molecule has 0 saturated carbocycles. The number of para-hydroxylation sites is 1. The normalized spacial score (nSPS) is 10.8. The number of nitrogens with zero attached hydrogens (tertiary/aromatic N) is 2. The minimum Gasteiger partial charge on any atom is -0.385 e. The van der Waals surface area contributed by atoms with Gasteiger partial charge in [0, 0.05) is 32.1 Å². The number of hydrogen-bond acceptors (Lipinski definition) is 5. The van der Waals surface area contributed by atoms with Gasteiger partial charge in [0.05, 0.1) is 0 Å². The van der Waals surface area contributed by atoms with Gasteiger partial charge < -0.3 is 15.4 Å². The molecule has 0 aliphatic rings. The first-order chi connectivity index (χ1) is 12.0. The highest BCUT2D eigenvalue weighted by molar-refractivity contribution is 6.03. The Balaban J connectivity index is 2.11. The van der Waals surface area contributed by atoms with Gasteiger partial charge in [0.2, 0.25) is 5.95 Å². The second-order valence-corrected chi connectivity index (χ2v) is 6.19. The Hall–Kier alpha value is -2.47. The van der Waals surface area contributed by atoms with Gasteiger partial charge in [0.1, 0.15) is 5.69 Å². The summed E-state index contributed by atoms with van der Waals surface area (Å²) in [5.74, 6) is 0.523. The van der Waals surface area contributed by atoms with Crippen LogP contribution in [0.4, 0.5) is 11.6 Å². The molecule has 6 nitrogen and oxygen atoms in total. The zero-order valence-electron chi connectivity index (χ0n) is 15.3. The molecule has 134 valence electrons. The van der Waals surface area contributed by atoms with Crippen molar-refractivity contribution in [2.75, 3.05) is 30.9 Å². The zero-order chi connectivity index (χ0) is 18.2. The van der Waals surface area contributed by atoms with Gasteiger partial charge in [-0.2, -0.15) is 0 Å². The number of ether oxygens (including phenoxy) is 1. The van der Waals surface area contributed by atoms with Crippen molar-refractivity contribution in [2.24, 2.45) is 0 Å². The lowest BCUT2D eigenvalue weighted by atomic mass is 9.98. The zero-order valence-corrected chi connectivity index (χ0v) is 15.3. The predicted molar refractivity (Wildman–Crippen MR) is 100 cm³/mol. The number of rotatable bonds is 8. The van der Waals surface area contributed by atoms with Crippen LogP contribution in [0.1, 0.15) is 47.8 Å². The van der Waals surface area contributed by atoms with Crippen molar-refractivity contribution in [1.29, 1.82) is 0 Å². The third kappa shape index (κ3) is 5.26. The molecule has 0 saturated heterocycles. The maximum atomic E-state index is 12.6. The fraction of sp³-hybridized carbons (Fsp3) is 0.421. The smallest absolute Gasteiger partial charge is 0.274 e. The van der Waals surface area contributed by atoms with Crippen LogP contribution in [-0.4, -0.2) is 36.1 Å². The highest BCUT2D eigenvalue weighted by Gasteiger charge is 2.14. The Labute approximate surface area is 149 Å². The molecule has 2 N–H and O–H groups in total. The lowest BCUT2D eigenvalue weighted by molar-refractivity contribution is 0.102. The van der Waals surface area contributed by atoms with E-state index < -0.39 is 0 Å². The first kappa shape index (κ1) is 18.9. The van der Waals surface area contributed by atoms with E-state index in [0.717, 1.165) is 23.2 Å². The first-order valence-electron chi connectivity index (χ1n) is 8.49. The summed E-state index contributed by atoms with van der Waals surface area (Å²) in [6.45, 7) is 7.56. The maximum Gasteiger partial charge on any atom is 0.274 e. The highest BCUT2D eigenvalue weighted by atomic mass is 16.5. The van der Waals surface area contributed by atoms with Crippen LogP contribution in [-0.2, 0) is 4.74 Å². The molecular weight excluding hydrogens is 316 g/mol. The number of nitrogens with one attached hydrogen (secondary N) is 2. The molecule has 25 heavy (non-hydrogen) atoms. The number of hydrogen-bond donors (Lipinski definition) is 2. The molecule has 0 fully saturated rings. The SMILES string of the molecule is COCCCNc1nccc(C(=O)Nc2c(C)cccc2C(C)C)n1. The van der Waals surface area contributed by atoms with Crippen LogP contribution in [0.2, 0.25) is 0 Å². The van der Waals surface area contributed by atoms with E-state index in [-0.39, 0.29) is 5.91 Å². The molecule has 2 rings (SSSR count). The summed E-state index contributed by atoms with van der Waals surface area (Å²) in [7, 11) is 1.67. The van der Waals surface area contributed by atoms with Gasteiger partial charge in [-0.05, 0) is 36.5 Å². The molecular formula is C19H26N4O2. The van der Waals surface area contributed by atoms with Crippen LogP contribution in [0.15, 0.2) is 30.5 Å². The number of carbonyl (C=O) groups excluding carboxylic acids is 1. The molecule has 2 aromatic rings. The third-order valence-electron chi connectivity index (χ3n) is 3.86. The number of anilines is 2. The van der Waals surface area contributed by atoms with Gasteiger partial charge >= 0.3 is 0 Å². The topological polar surface area (TPSA) is 76.1 Å².